The Balaban J connectivity index is 2.65. The molecule has 1 aromatic rings. The van der Waals surface area contributed by atoms with Gasteiger partial charge < -0.3 is 15.5 Å². The van der Waals surface area contributed by atoms with E-state index in [-0.39, 0.29) is 17.6 Å². The molecule has 3 N–H and O–H groups in total. The predicted molar refractivity (Wildman–Crippen MR) is 69.8 cm³/mol. The molecule has 100 valence electrons. The highest BCUT2D eigenvalue weighted by Gasteiger charge is 2.24. The lowest BCUT2D eigenvalue weighted by Crippen LogP contribution is -2.32. The molecular weight excluding hydrogens is 232 g/mol. The third-order valence-corrected chi connectivity index (χ3v) is 3.49. The SMILES string of the molecule is CCC(CC)(CO)CNc1ccc(C(=O)O)cn1. The summed E-state index contributed by atoms with van der Waals surface area (Å²) in [7, 11) is 0. The maximum absolute atomic E-state index is 10.7. The molecule has 1 aromatic heterocycles. The summed E-state index contributed by atoms with van der Waals surface area (Å²) in [4.78, 5) is 14.7. The number of pyridine rings is 1. The van der Waals surface area contributed by atoms with E-state index in [0.29, 0.717) is 12.4 Å². The quantitative estimate of drug-likeness (QED) is 0.691. The summed E-state index contributed by atoms with van der Waals surface area (Å²) in [6.07, 6.45) is 3.07. The van der Waals surface area contributed by atoms with Crippen LogP contribution in [0.1, 0.15) is 37.0 Å². The van der Waals surface area contributed by atoms with Crippen molar-refractivity contribution in [1.29, 1.82) is 0 Å². The Morgan fingerprint density at radius 1 is 1.39 bits per heavy atom. The van der Waals surface area contributed by atoms with Crippen molar-refractivity contribution in [3.8, 4) is 0 Å². The number of carbonyl (C=O) groups is 1. The molecule has 0 aromatic carbocycles. The normalized spacial score (nSPS) is 11.3. The summed E-state index contributed by atoms with van der Waals surface area (Å²) < 4.78 is 0. The summed E-state index contributed by atoms with van der Waals surface area (Å²) in [6, 6.07) is 3.15. The van der Waals surface area contributed by atoms with Gasteiger partial charge in [-0.05, 0) is 25.0 Å². The summed E-state index contributed by atoms with van der Waals surface area (Å²) in [5.41, 5.74) is 0.0209. The standard InChI is InChI=1S/C13H20N2O3/c1-3-13(4-2,9-16)8-15-11-6-5-10(7-14-11)12(17)18/h5-7,16H,3-4,8-9H2,1-2H3,(H,14,15)(H,17,18). The summed E-state index contributed by atoms with van der Waals surface area (Å²) in [5, 5.41) is 21.3. The number of nitrogens with one attached hydrogen (secondary N) is 1. The van der Waals surface area contributed by atoms with Crippen LogP contribution in [-0.2, 0) is 0 Å². The first-order valence-electron chi connectivity index (χ1n) is 6.11. The molecule has 0 atom stereocenters. The van der Waals surface area contributed by atoms with Crippen LogP contribution in [0.5, 0.6) is 0 Å². The molecule has 0 fully saturated rings. The van der Waals surface area contributed by atoms with Gasteiger partial charge in [0, 0.05) is 18.2 Å². The summed E-state index contributed by atoms with van der Waals surface area (Å²) in [5.74, 6) is -0.361. The van der Waals surface area contributed by atoms with Crippen molar-refractivity contribution >= 4 is 11.8 Å². The average molecular weight is 252 g/mol. The minimum absolute atomic E-state index is 0.125. The fraction of sp³-hybridized carbons (Fsp3) is 0.538. The van der Waals surface area contributed by atoms with Gasteiger partial charge in [-0.3, -0.25) is 0 Å². The zero-order valence-electron chi connectivity index (χ0n) is 10.8. The molecule has 0 unspecified atom stereocenters. The monoisotopic (exact) mass is 252 g/mol. The lowest BCUT2D eigenvalue weighted by atomic mass is 9.83. The fourth-order valence-corrected chi connectivity index (χ4v) is 1.68. The van der Waals surface area contributed by atoms with Gasteiger partial charge in [0.2, 0.25) is 0 Å². The van der Waals surface area contributed by atoms with Crippen LogP contribution < -0.4 is 5.32 Å². The molecule has 0 bridgehead atoms. The van der Waals surface area contributed by atoms with Crippen molar-refractivity contribution in [2.24, 2.45) is 5.41 Å². The van der Waals surface area contributed by atoms with E-state index in [2.05, 4.69) is 10.3 Å². The van der Waals surface area contributed by atoms with Crippen molar-refractivity contribution in [2.75, 3.05) is 18.5 Å². The average Bonchev–Trinajstić information content (AvgIpc) is 2.41. The Bertz CT molecular complexity index is 377. The number of aromatic nitrogens is 1. The number of rotatable bonds is 7. The van der Waals surface area contributed by atoms with Crippen molar-refractivity contribution in [2.45, 2.75) is 26.7 Å². The Morgan fingerprint density at radius 2 is 2.06 bits per heavy atom. The molecule has 0 aliphatic rings. The third-order valence-electron chi connectivity index (χ3n) is 3.49. The maximum atomic E-state index is 10.7. The minimum Gasteiger partial charge on any atom is -0.478 e. The highest BCUT2D eigenvalue weighted by molar-refractivity contribution is 5.87. The van der Waals surface area contributed by atoms with Crippen LogP contribution in [0.2, 0.25) is 0 Å². The van der Waals surface area contributed by atoms with E-state index in [1.165, 1.54) is 12.3 Å². The van der Waals surface area contributed by atoms with Crippen molar-refractivity contribution < 1.29 is 15.0 Å². The molecule has 0 aliphatic heterocycles. The Morgan fingerprint density at radius 3 is 2.44 bits per heavy atom. The van der Waals surface area contributed by atoms with E-state index in [1.54, 1.807) is 6.07 Å². The highest BCUT2D eigenvalue weighted by Crippen LogP contribution is 2.25. The van der Waals surface area contributed by atoms with Gasteiger partial charge in [-0.2, -0.15) is 0 Å². The van der Waals surface area contributed by atoms with Crippen LogP contribution in [0.3, 0.4) is 0 Å². The van der Waals surface area contributed by atoms with E-state index in [1.807, 2.05) is 13.8 Å². The highest BCUT2D eigenvalue weighted by atomic mass is 16.4. The first-order chi connectivity index (χ1) is 8.56. The number of aliphatic hydroxyl groups is 1. The molecule has 1 rings (SSSR count). The summed E-state index contributed by atoms with van der Waals surface area (Å²) in [6.45, 7) is 4.83. The van der Waals surface area contributed by atoms with E-state index < -0.39 is 5.97 Å². The topological polar surface area (TPSA) is 82.5 Å². The van der Waals surface area contributed by atoms with Gasteiger partial charge in [0.05, 0.1) is 12.2 Å². The fourth-order valence-electron chi connectivity index (χ4n) is 1.68. The van der Waals surface area contributed by atoms with Crippen molar-refractivity contribution in [3.05, 3.63) is 23.9 Å². The maximum Gasteiger partial charge on any atom is 0.337 e. The lowest BCUT2D eigenvalue weighted by Gasteiger charge is -2.29. The largest absolute Gasteiger partial charge is 0.478 e. The number of nitrogens with zero attached hydrogens (tertiary/aromatic N) is 1. The minimum atomic E-state index is -0.985. The van der Waals surface area contributed by atoms with Gasteiger partial charge in [-0.15, -0.1) is 0 Å². The molecular formula is C13H20N2O3. The number of carboxylic acid groups (broad SMARTS) is 1. The second-order valence-electron chi connectivity index (χ2n) is 4.46. The van der Waals surface area contributed by atoms with Gasteiger partial charge in [0.1, 0.15) is 5.82 Å². The number of aromatic carboxylic acids is 1. The van der Waals surface area contributed by atoms with E-state index in [0.717, 1.165) is 12.8 Å². The second kappa shape index (κ2) is 6.35. The number of carboxylic acids is 1. The van der Waals surface area contributed by atoms with Crippen LogP contribution in [0.15, 0.2) is 18.3 Å². The van der Waals surface area contributed by atoms with Crippen LogP contribution in [0, 0.1) is 5.41 Å². The smallest absolute Gasteiger partial charge is 0.337 e. The van der Waals surface area contributed by atoms with Gasteiger partial charge in [0.25, 0.3) is 0 Å². The van der Waals surface area contributed by atoms with Gasteiger partial charge in [-0.25, -0.2) is 9.78 Å². The predicted octanol–water partition coefficient (Wildman–Crippen LogP) is 1.99. The molecule has 5 heteroatoms. The Labute approximate surface area is 107 Å². The van der Waals surface area contributed by atoms with Gasteiger partial charge >= 0.3 is 5.97 Å². The first kappa shape index (κ1) is 14.4. The molecule has 18 heavy (non-hydrogen) atoms. The van der Waals surface area contributed by atoms with Crippen LogP contribution in [0.4, 0.5) is 5.82 Å². The molecule has 1 heterocycles. The third kappa shape index (κ3) is 3.43. The number of hydrogen-bond acceptors (Lipinski definition) is 4. The number of aliphatic hydroxyl groups excluding tert-OH is 1. The van der Waals surface area contributed by atoms with Crippen molar-refractivity contribution in [3.63, 3.8) is 0 Å². The molecule has 5 nitrogen and oxygen atoms in total. The Kier molecular flexibility index (Phi) is 5.09. The molecule has 0 saturated carbocycles. The van der Waals surface area contributed by atoms with Crippen LogP contribution in [0.25, 0.3) is 0 Å². The summed E-state index contributed by atoms with van der Waals surface area (Å²) >= 11 is 0. The first-order valence-corrected chi connectivity index (χ1v) is 6.11. The zero-order valence-corrected chi connectivity index (χ0v) is 10.8. The molecule has 0 amide bonds. The van der Waals surface area contributed by atoms with E-state index in [9.17, 15) is 9.90 Å². The molecule has 0 saturated heterocycles. The van der Waals surface area contributed by atoms with Gasteiger partial charge in [0.15, 0.2) is 0 Å². The zero-order chi connectivity index (χ0) is 13.6. The molecule has 0 aliphatic carbocycles. The Hall–Kier alpha value is -1.62. The van der Waals surface area contributed by atoms with E-state index in [4.69, 9.17) is 5.11 Å². The molecule has 0 spiro atoms. The van der Waals surface area contributed by atoms with E-state index >= 15 is 0 Å². The second-order valence-corrected chi connectivity index (χ2v) is 4.46. The van der Waals surface area contributed by atoms with Crippen molar-refractivity contribution in [1.82, 2.24) is 4.98 Å². The van der Waals surface area contributed by atoms with Gasteiger partial charge in [-0.1, -0.05) is 13.8 Å². The number of anilines is 1. The van der Waals surface area contributed by atoms with Crippen LogP contribution in [-0.4, -0.2) is 34.3 Å². The van der Waals surface area contributed by atoms with Crippen LogP contribution >= 0.6 is 0 Å². The lowest BCUT2D eigenvalue weighted by molar-refractivity contribution is 0.0696. The molecule has 0 radical (unpaired) electrons. The number of hydrogen-bond donors (Lipinski definition) is 3.